The maximum atomic E-state index is 12.8. The number of nitrogens with one attached hydrogen (secondary N) is 1. The zero-order valence-electron chi connectivity index (χ0n) is 14.4. The second-order valence-electron chi connectivity index (χ2n) is 5.82. The van der Waals surface area contributed by atoms with Crippen LogP contribution in [0.3, 0.4) is 0 Å². The van der Waals surface area contributed by atoms with Gasteiger partial charge in [0.2, 0.25) is 15.9 Å². The highest BCUT2D eigenvalue weighted by molar-refractivity contribution is 9.10. The van der Waals surface area contributed by atoms with Crippen LogP contribution in [0.5, 0.6) is 0 Å². The molecular formula is C18H21BrN2O3S. The van der Waals surface area contributed by atoms with Gasteiger partial charge in [-0.1, -0.05) is 41.1 Å². The molecule has 1 amide bonds. The Kier molecular flexibility index (Phi) is 6.24. The summed E-state index contributed by atoms with van der Waals surface area (Å²) >= 11 is 3.35. The molecule has 2 aromatic rings. The third-order valence-corrected chi connectivity index (χ3v) is 5.35. The Balaban J connectivity index is 2.38. The summed E-state index contributed by atoms with van der Waals surface area (Å²) < 4.78 is 26.8. The van der Waals surface area contributed by atoms with Crippen LogP contribution in [0, 0.1) is 6.92 Å². The number of amides is 1. The molecule has 0 fully saturated rings. The van der Waals surface area contributed by atoms with E-state index in [1.54, 1.807) is 43.3 Å². The predicted octanol–water partition coefficient (Wildman–Crippen LogP) is 3.94. The van der Waals surface area contributed by atoms with Crippen molar-refractivity contribution in [1.82, 2.24) is 0 Å². The van der Waals surface area contributed by atoms with E-state index in [9.17, 15) is 13.2 Å². The van der Waals surface area contributed by atoms with Crippen LogP contribution in [0.1, 0.15) is 18.9 Å². The summed E-state index contributed by atoms with van der Waals surface area (Å²) in [5.41, 5.74) is 2.02. The summed E-state index contributed by atoms with van der Waals surface area (Å²) in [6.45, 7) is 3.67. The summed E-state index contributed by atoms with van der Waals surface area (Å²) in [7, 11) is -3.63. The minimum atomic E-state index is -3.63. The van der Waals surface area contributed by atoms with Crippen molar-refractivity contribution >= 4 is 43.2 Å². The molecule has 1 unspecified atom stereocenters. The summed E-state index contributed by atoms with van der Waals surface area (Å²) in [5.74, 6) is -0.368. The maximum absolute atomic E-state index is 12.8. The number of anilines is 2. The minimum Gasteiger partial charge on any atom is -0.324 e. The Hall–Kier alpha value is -1.86. The number of carbonyl (C=O) groups excluding carboxylic acids is 1. The van der Waals surface area contributed by atoms with Crippen LogP contribution in [0.25, 0.3) is 0 Å². The topological polar surface area (TPSA) is 66.5 Å². The maximum Gasteiger partial charge on any atom is 0.248 e. The molecule has 134 valence electrons. The Labute approximate surface area is 157 Å². The number of hydrogen-bond donors (Lipinski definition) is 1. The van der Waals surface area contributed by atoms with Crippen LogP contribution >= 0.6 is 15.9 Å². The van der Waals surface area contributed by atoms with Gasteiger partial charge < -0.3 is 5.32 Å². The van der Waals surface area contributed by atoms with Crippen molar-refractivity contribution in [3.05, 3.63) is 58.6 Å². The number of halogens is 1. The van der Waals surface area contributed by atoms with Gasteiger partial charge in [0, 0.05) is 10.2 Å². The molecule has 25 heavy (non-hydrogen) atoms. The fraction of sp³-hybridized carbons (Fsp3) is 0.278. The van der Waals surface area contributed by atoms with E-state index in [2.05, 4.69) is 21.2 Å². The van der Waals surface area contributed by atoms with E-state index in [4.69, 9.17) is 0 Å². The van der Waals surface area contributed by atoms with E-state index in [-0.39, 0.29) is 5.91 Å². The van der Waals surface area contributed by atoms with Gasteiger partial charge in [-0.05, 0) is 49.2 Å². The molecular weight excluding hydrogens is 404 g/mol. The fourth-order valence-electron chi connectivity index (χ4n) is 2.62. The molecule has 0 heterocycles. The molecule has 1 atom stereocenters. The molecule has 0 saturated carbocycles. The minimum absolute atomic E-state index is 0.348. The largest absolute Gasteiger partial charge is 0.324 e. The van der Waals surface area contributed by atoms with E-state index < -0.39 is 16.1 Å². The predicted molar refractivity (Wildman–Crippen MR) is 105 cm³/mol. The number of rotatable bonds is 6. The fourth-order valence-corrected chi connectivity index (χ4v) is 4.22. The average molecular weight is 425 g/mol. The van der Waals surface area contributed by atoms with Crippen LogP contribution in [0.2, 0.25) is 0 Å². The Morgan fingerprint density at radius 1 is 1.20 bits per heavy atom. The van der Waals surface area contributed by atoms with Crippen LogP contribution in [0.4, 0.5) is 11.4 Å². The zero-order valence-corrected chi connectivity index (χ0v) is 16.8. The number of sulfonamides is 1. The van der Waals surface area contributed by atoms with Crippen molar-refractivity contribution in [3.8, 4) is 0 Å². The second kappa shape index (κ2) is 8.01. The number of nitrogens with zero attached hydrogens (tertiary/aromatic N) is 1. The molecule has 0 aliphatic heterocycles. The van der Waals surface area contributed by atoms with Crippen LogP contribution in [-0.2, 0) is 14.8 Å². The average Bonchev–Trinajstić information content (AvgIpc) is 2.51. The first-order chi connectivity index (χ1) is 11.7. The number of carbonyl (C=O) groups is 1. The summed E-state index contributed by atoms with van der Waals surface area (Å²) in [6, 6.07) is 13.5. The summed E-state index contributed by atoms with van der Waals surface area (Å²) in [5, 5.41) is 2.80. The normalized spacial score (nSPS) is 12.5. The highest BCUT2D eigenvalue weighted by Gasteiger charge is 2.31. The van der Waals surface area contributed by atoms with Gasteiger partial charge in [0.15, 0.2) is 0 Å². The monoisotopic (exact) mass is 424 g/mol. The van der Waals surface area contributed by atoms with Crippen molar-refractivity contribution in [1.29, 1.82) is 0 Å². The van der Waals surface area contributed by atoms with Gasteiger partial charge in [-0.3, -0.25) is 9.10 Å². The van der Waals surface area contributed by atoms with Gasteiger partial charge in [-0.2, -0.15) is 0 Å². The zero-order chi connectivity index (χ0) is 18.6. The van der Waals surface area contributed by atoms with Gasteiger partial charge in [-0.25, -0.2) is 8.42 Å². The number of benzene rings is 2. The van der Waals surface area contributed by atoms with Crippen molar-refractivity contribution < 1.29 is 13.2 Å². The molecule has 0 saturated heterocycles. The van der Waals surface area contributed by atoms with Crippen molar-refractivity contribution in [3.63, 3.8) is 0 Å². The SMILES string of the molecule is CCC(C(=O)Nc1cccc(Br)c1)N(c1cccc(C)c1)S(C)(=O)=O. The lowest BCUT2D eigenvalue weighted by molar-refractivity contribution is -0.117. The Morgan fingerprint density at radius 2 is 1.88 bits per heavy atom. The molecule has 7 heteroatoms. The summed E-state index contributed by atoms with van der Waals surface area (Å²) in [6.07, 6.45) is 1.46. The lowest BCUT2D eigenvalue weighted by atomic mass is 10.1. The molecule has 2 rings (SSSR count). The molecule has 2 aromatic carbocycles. The number of aryl methyl sites for hydroxylation is 1. The Morgan fingerprint density at radius 3 is 2.44 bits per heavy atom. The van der Waals surface area contributed by atoms with Crippen molar-refractivity contribution in [2.75, 3.05) is 15.9 Å². The molecule has 0 radical (unpaired) electrons. The Bertz CT molecular complexity index is 868. The van der Waals surface area contributed by atoms with E-state index in [1.807, 2.05) is 19.1 Å². The lowest BCUT2D eigenvalue weighted by Crippen LogP contribution is -2.47. The van der Waals surface area contributed by atoms with Crippen LogP contribution < -0.4 is 9.62 Å². The third kappa shape index (κ3) is 5.06. The van der Waals surface area contributed by atoms with Gasteiger partial charge in [-0.15, -0.1) is 0 Å². The van der Waals surface area contributed by atoms with Crippen molar-refractivity contribution in [2.45, 2.75) is 26.3 Å². The highest BCUT2D eigenvalue weighted by atomic mass is 79.9. The highest BCUT2D eigenvalue weighted by Crippen LogP contribution is 2.24. The second-order valence-corrected chi connectivity index (χ2v) is 8.60. The van der Waals surface area contributed by atoms with Crippen molar-refractivity contribution in [2.24, 2.45) is 0 Å². The molecule has 0 spiro atoms. The van der Waals surface area contributed by atoms with Gasteiger partial charge in [0.05, 0.1) is 11.9 Å². The third-order valence-electron chi connectivity index (χ3n) is 3.68. The standard InChI is InChI=1S/C18H21BrN2O3S/c1-4-17(18(22)20-15-9-6-8-14(19)12-15)21(25(3,23)24)16-10-5-7-13(2)11-16/h5-12,17H,4H2,1-3H3,(H,20,22). The van der Waals surface area contributed by atoms with Gasteiger partial charge in [0.25, 0.3) is 0 Å². The van der Waals surface area contributed by atoms with E-state index in [1.165, 1.54) is 4.31 Å². The molecule has 1 N–H and O–H groups in total. The molecule has 0 bridgehead atoms. The lowest BCUT2D eigenvalue weighted by Gasteiger charge is -2.30. The first kappa shape index (κ1) is 19.5. The van der Waals surface area contributed by atoms with Crippen LogP contribution in [-0.4, -0.2) is 26.6 Å². The van der Waals surface area contributed by atoms with E-state index in [0.29, 0.717) is 17.8 Å². The quantitative estimate of drug-likeness (QED) is 0.763. The first-order valence-corrected chi connectivity index (χ1v) is 10.5. The molecule has 5 nitrogen and oxygen atoms in total. The first-order valence-electron chi connectivity index (χ1n) is 7.85. The summed E-state index contributed by atoms with van der Waals surface area (Å²) in [4.78, 5) is 12.8. The molecule has 0 aliphatic rings. The van der Waals surface area contributed by atoms with E-state index >= 15 is 0 Å². The van der Waals surface area contributed by atoms with E-state index in [0.717, 1.165) is 16.3 Å². The molecule has 0 aromatic heterocycles. The molecule has 0 aliphatic carbocycles. The number of hydrogen-bond acceptors (Lipinski definition) is 3. The van der Waals surface area contributed by atoms with Gasteiger partial charge in [0.1, 0.15) is 6.04 Å². The van der Waals surface area contributed by atoms with Gasteiger partial charge >= 0.3 is 0 Å². The van der Waals surface area contributed by atoms with Crippen LogP contribution in [0.15, 0.2) is 53.0 Å². The smallest absolute Gasteiger partial charge is 0.248 e.